The minimum atomic E-state index is 0.714. The maximum absolute atomic E-state index is 5.85. The molecular formula is C14H17NOS. The van der Waals surface area contributed by atoms with Crippen LogP contribution in [0, 0.1) is 13.8 Å². The van der Waals surface area contributed by atoms with Crippen LogP contribution in [0.2, 0.25) is 0 Å². The number of hydrogen-bond donors (Lipinski definition) is 1. The molecular weight excluding hydrogens is 230 g/mol. The third-order valence-electron chi connectivity index (χ3n) is 2.66. The third-order valence-corrected chi connectivity index (χ3v) is 3.59. The summed E-state index contributed by atoms with van der Waals surface area (Å²) in [7, 11) is 0. The van der Waals surface area contributed by atoms with Gasteiger partial charge in [0, 0.05) is 17.0 Å². The predicted octanol–water partition coefficient (Wildman–Crippen LogP) is 3.57. The molecule has 0 unspecified atom stereocenters. The van der Waals surface area contributed by atoms with E-state index in [2.05, 4.69) is 17.5 Å². The molecule has 1 aromatic heterocycles. The lowest BCUT2D eigenvalue weighted by atomic mass is 10.1. The highest BCUT2D eigenvalue weighted by Gasteiger charge is 2.05. The van der Waals surface area contributed by atoms with Crippen molar-refractivity contribution >= 4 is 17.0 Å². The lowest BCUT2D eigenvalue weighted by Crippen LogP contribution is -2.03. The zero-order chi connectivity index (χ0) is 12.3. The van der Waals surface area contributed by atoms with Gasteiger partial charge in [0.15, 0.2) is 0 Å². The van der Waals surface area contributed by atoms with Crippen molar-refractivity contribution in [1.29, 1.82) is 0 Å². The SMILES string of the molecule is Cc1cc(N)cc(C)c1OCCc1cccs1. The zero-order valence-electron chi connectivity index (χ0n) is 10.2. The van der Waals surface area contributed by atoms with Crippen LogP contribution in [-0.4, -0.2) is 6.61 Å². The average molecular weight is 247 g/mol. The maximum atomic E-state index is 5.85. The average Bonchev–Trinajstić information content (AvgIpc) is 2.74. The summed E-state index contributed by atoms with van der Waals surface area (Å²) in [5.41, 5.74) is 8.79. The van der Waals surface area contributed by atoms with Gasteiger partial charge >= 0.3 is 0 Å². The van der Waals surface area contributed by atoms with E-state index in [-0.39, 0.29) is 0 Å². The minimum absolute atomic E-state index is 0.714. The molecule has 0 radical (unpaired) electrons. The molecule has 2 rings (SSSR count). The van der Waals surface area contributed by atoms with Crippen LogP contribution in [0.5, 0.6) is 5.75 Å². The molecule has 2 N–H and O–H groups in total. The van der Waals surface area contributed by atoms with Crippen molar-refractivity contribution in [2.24, 2.45) is 0 Å². The summed E-state index contributed by atoms with van der Waals surface area (Å²) in [6.07, 6.45) is 0.959. The van der Waals surface area contributed by atoms with Gasteiger partial charge in [0.1, 0.15) is 5.75 Å². The molecule has 0 saturated heterocycles. The zero-order valence-corrected chi connectivity index (χ0v) is 11.0. The van der Waals surface area contributed by atoms with Gasteiger partial charge in [0.25, 0.3) is 0 Å². The molecule has 17 heavy (non-hydrogen) atoms. The molecule has 2 aromatic rings. The van der Waals surface area contributed by atoms with Gasteiger partial charge < -0.3 is 10.5 Å². The second-order valence-electron chi connectivity index (χ2n) is 4.16. The van der Waals surface area contributed by atoms with Crippen molar-refractivity contribution < 1.29 is 4.74 Å². The molecule has 3 heteroatoms. The van der Waals surface area contributed by atoms with E-state index in [1.807, 2.05) is 26.0 Å². The molecule has 2 nitrogen and oxygen atoms in total. The van der Waals surface area contributed by atoms with Crippen LogP contribution in [0.1, 0.15) is 16.0 Å². The molecule has 0 aliphatic carbocycles. The highest BCUT2D eigenvalue weighted by molar-refractivity contribution is 7.09. The molecule has 90 valence electrons. The molecule has 0 spiro atoms. The smallest absolute Gasteiger partial charge is 0.125 e. The largest absolute Gasteiger partial charge is 0.493 e. The molecule has 0 aliphatic rings. The van der Waals surface area contributed by atoms with Gasteiger partial charge in [0.05, 0.1) is 6.61 Å². The monoisotopic (exact) mass is 247 g/mol. The van der Waals surface area contributed by atoms with Gasteiger partial charge in [-0.25, -0.2) is 0 Å². The number of ether oxygens (including phenoxy) is 1. The van der Waals surface area contributed by atoms with Crippen molar-refractivity contribution in [2.45, 2.75) is 20.3 Å². The van der Waals surface area contributed by atoms with Crippen LogP contribution in [0.25, 0.3) is 0 Å². The number of benzene rings is 1. The summed E-state index contributed by atoms with van der Waals surface area (Å²) in [5, 5.41) is 2.09. The summed E-state index contributed by atoms with van der Waals surface area (Å²) in [5.74, 6) is 0.968. The third kappa shape index (κ3) is 3.01. The van der Waals surface area contributed by atoms with Crippen LogP contribution < -0.4 is 10.5 Å². The Hall–Kier alpha value is -1.48. The lowest BCUT2D eigenvalue weighted by molar-refractivity contribution is 0.318. The predicted molar refractivity (Wildman–Crippen MR) is 73.8 cm³/mol. The molecule has 0 fully saturated rings. The second-order valence-corrected chi connectivity index (χ2v) is 5.19. The normalized spacial score (nSPS) is 10.5. The Balaban J connectivity index is 1.99. The van der Waals surface area contributed by atoms with Crippen molar-refractivity contribution in [3.63, 3.8) is 0 Å². The van der Waals surface area contributed by atoms with E-state index in [4.69, 9.17) is 10.5 Å². The number of hydrogen-bond acceptors (Lipinski definition) is 3. The molecule has 0 saturated carbocycles. The Morgan fingerprint density at radius 1 is 1.24 bits per heavy atom. The highest BCUT2D eigenvalue weighted by Crippen LogP contribution is 2.26. The number of thiophene rings is 1. The first kappa shape index (κ1) is 12.0. The van der Waals surface area contributed by atoms with E-state index in [1.54, 1.807) is 11.3 Å². The summed E-state index contributed by atoms with van der Waals surface area (Å²) < 4.78 is 5.85. The fraction of sp³-hybridized carbons (Fsp3) is 0.286. The summed E-state index contributed by atoms with van der Waals surface area (Å²) in [6.45, 7) is 4.78. The van der Waals surface area contributed by atoms with E-state index in [1.165, 1.54) is 4.88 Å². The summed E-state index contributed by atoms with van der Waals surface area (Å²) in [4.78, 5) is 1.36. The Kier molecular flexibility index (Phi) is 3.69. The quantitative estimate of drug-likeness (QED) is 0.838. The van der Waals surface area contributed by atoms with Gasteiger partial charge in [-0.15, -0.1) is 11.3 Å². The Labute approximate surface area is 106 Å². The number of rotatable bonds is 4. The van der Waals surface area contributed by atoms with E-state index >= 15 is 0 Å². The lowest BCUT2D eigenvalue weighted by Gasteiger charge is -2.12. The van der Waals surface area contributed by atoms with Crippen LogP contribution in [-0.2, 0) is 6.42 Å². The Bertz CT molecular complexity index is 468. The fourth-order valence-corrected chi connectivity index (χ4v) is 2.61. The first-order chi connectivity index (χ1) is 8.16. The summed E-state index contributed by atoms with van der Waals surface area (Å²) >= 11 is 1.77. The van der Waals surface area contributed by atoms with Gasteiger partial charge in [-0.1, -0.05) is 6.07 Å². The van der Waals surface area contributed by atoms with Crippen molar-refractivity contribution in [1.82, 2.24) is 0 Å². The van der Waals surface area contributed by atoms with Crippen LogP contribution in [0.4, 0.5) is 5.69 Å². The molecule has 0 bridgehead atoms. The van der Waals surface area contributed by atoms with Crippen molar-refractivity contribution in [3.8, 4) is 5.75 Å². The maximum Gasteiger partial charge on any atom is 0.125 e. The van der Waals surface area contributed by atoms with E-state index in [0.717, 1.165) is 29.0 Å². The topological polar surface area (TPSA) is 35.2 Å². The molecule has 1 aromatic carbocycles. The van der Waals surface area contributed by atoms with Crippen molar-refractivity contribution in [3.05, 3.63) is 45.6 Å². The number of nitrogens with two attached hydrogens (primary N) is 1. The van der Waals surface area contributed by atoms with Gasteiger partial charge in [-0.3, -0.25) is 0 Å². The van der Waals surface area contributed by atoms with Gasteiger partial charge in [-0.2, -0.15) is 0 Å². The first-order valence-corrected chi connectivity index (χ1v) is 6.56. The number of anilines is 1. The van der Waals surface area contributed by atoms with E-state index in [0.29, 0.717) is 6.61 Å². The number of aryl methyl sites for hydroxylation is 2. The van der Waals surface area contributed by atoms with Crippen LogP contribution in [0.3, 0.4) is 0 Å². The molecule has 0 atom stereocenters. The van der Waals surface area contributed by atoms with Crippen LogP contribution >= 0.6 is 11.3 Å². The van der Waals surface area contributed by atoms with Crippen LogP contribution in [0.15, 0.2) is 29.6 Å². The number of nitrogen functional groups attached to an aromatic ring is 1. The van der Waals surface area contributed by atoms with E-state index in [9.17, 15) is 0 Å². The minimum Gasteiger partial charge on any atom is -0.493 e. The van der Waals surface area contributed by atoms with Gasteiger partial charge in [0.2, 0.25) is 0 Å². The Morgan fingerprint density at radius 3 is 2.53 bits per heavy atom. The molecule has 0 aliphatic heterocycles. The highest BCUT2D eigenvalue weighted by atomic mass is 32.1. The fourth-order valence-electron chi connectivity index (χ4n) is 1.92. The molecule has 0 amide bonds. The first-order valence-electron chi connectivity index (χ1n) is 5.68. The standard InChI is InChI=1S/C14H17NOS/c1-10-8-12(15)9-11(2)14(10)16-6-5-13-4-3-7-17-13/h3-4,7-9H,5-6,15H2,1-2H3. The van der Waals surface area contributed by atoms with Crippen molar-refractivity contribution in [2.75, 3.05) is 12.3 Å². The van der Waals surface area contributed by atoms with E-state index < -0.39 is 0 Å². The van der Waals surface area contributed by atoms with Gasteiger partial charge in [-0.05, 0) is 48.6 Å². The molecule has 1 heterocycles. The Morgan fingerprint density at radius 2 is 1.94 bits per heavy atom. The summed E-state index contributed by atoms with van der Waals surface area (Å²) in [6, 6.07) is 8.11. The second kappa shape index (κ2) is 5.23.